The fourth-order valence-electron chi connectivity index (χ4n) is 1.88. The largest absolute Gasteiger partial charge is 0.317 e. The van der Waals surface area contributed by atoms with E-state index in [1.165, 1.54) is 0 Å². The Morgan fingerprint density at radius 1 is 1.36 bits per heavy atom. The van der Waals surface area contributed by atoms with E-state index in [2.05, 4.69) is 15.3 Å². The predicted octanol–water partition coefficient (Wildman–Crippen LogP) is 1.91. The fourth-order valence-corrected chi connectivity index (χ4v) is 2.11. The predicted molar refractivity (Wildman–Crippen MR) is 56.6 cm³/mol. The van der Waals surface area contributed by atoms with Crippen LogP contribution in [0.2, 0.25) is 5.28 Å². The molecule has 0 bridgehead atoms. The van der Waals surface area contributed by atoms with Gasteiger partial charge in [0, 0.05) is 17.3 Å². The summed E-state index contributed by atoms with van der Waals surface area (Å²) >= 11 is 5.83. The van der Waals surface area contributed by atoms with Crippen molar-refractivity contribution >= 4 is 11.6 Å². The molecule has 1 aromatic rings. The van der Waals surface area contributed by atoms with Gasteiger partial charge in [0.1, 0.15) is 0 Å². The van der Waals surface area contributed by atoms with Crippen molar-refractivity contribution in [2.45, 2.75) is 25.7 Å². The molecule has 0 amide bonds. The number of piperidine rings is 1. The number of nitrogens with one attached hydrogen (secondary N) is 1. The smallest absolute Gasteiger partial charge is 0.222 e. The monoisotopic (exact) mass is 211 g/mol. The van der Waals surface area contributed by atoms with Gasteiger partial charge in [-0.15, -0.1) is 0 Å². The molecule has 1 saturated heterocycles. The molecule has 0 aromatic carbocycles. The Kier molecular flexibility index (Phi) is 2.99. The van der Waals surface area contributed by atoms with Crippen molar-refractivity contribution < 1.29 is 0 Å². The van der Waals surface area contributed by atoms with Crippen molar-refractivity contribution in [1.82, 2.24) is 15.3 Å². The van der Waals surface area contributed by atoms with Gasteiger partial charge in [0.15, 0.2) is 0 Å². The molecular weight excluding hydrogens is 198 g/mol. The summed E-state index contributed by atoms with van der Waals surface area (Å²) in [4.78, 5) is 8.35. The number of hydrogen-bond acceptors (Lipinski definition) is 3. The lowest BCUT2D eigenvalue weighted by atomic mass is 9.94. The minimum absolute atomic E-state index is 0.374. The first-order valence-corrected chi connectivity index (χ1v) is 5.35. The van der Waals surface area contributed by atoms with Crippen LogP contribution < -0.4 is 5.32 Å². The van der Waals surface area contributed by atoms with Crippen LogP contribution in [0.1, 0.15) is 30.1 Å². The standard InChI is InChI=1S/C10H14ClN3/c1-7-6-9(14-10(11)13-7)8-2-4-12-5-3-8/h6,8,12H,2-5H2,1H3. The highest BCUT2D eigenvalue weighted by Crippen LogP contribution is 2.24. The summed E-state index contributed by atoms with van der Waals surface area (Å²) in [6.45, 7) is 4.11. The van der Waals surface area contributed by atoms with E-state index in [1.54, 1.807) is 0 Å². The van der Waals surface area contributed by atoms with Crippen LogP contribution in [-0.4, -0.2) is 23.1 Å². The average Bonchev–Trinajstić information content (AvgIpc) is 2.18. The van der Waals surface area contributed by atoms with Gasteiger partial charge in [-0.25, -0.2) is 9.97 Å². The van der Waals surface area contributed by atoms with Gasteiger partial charge in [-0.05, 0) is 50.5 Å². The molecule has 1 aliphatic rings. The summed E-state index contributed by atoms with van der Waals surface area (Å²) in [5.74, 6) is 0.551. The molecule has 0 spiro atoms. The number of rotatable bonds is 1. The Labute approximate surface area is 88.9 Å². The van der Waals surface area contributed by atoms with Gasteiger partial charge in [0.05, 0.1) is 0 Å². The maximum absolute atomic E-state index is 5.83. The molecule has 1 fully saturated rings. The Hall–Kier alpha value is -0.670. The van der Waals surface area contributed by atoms with Crippen LogP contribution in [0.3, 0.4) is 0 Å². The first-order valence-electron chi connectivity index (χ1n) is 4.97. The van der Waals surface area contributed by atoms with E-state index in [1.807, 2.05) is 13.0 Å². The summed E-state index contributed by atoms with van der Waals surface area (Å²) < 4.78 is 0. The fraction of sp³-hybridized carbons (Fsp3) is 0.600. The molecule has 0 atom stereocenters. The molecule has 4 heteroatoms. The zero-order valence-electron chi connectivity index (χ0n) is 8.26. The van der Waals surface area contributed by atoms with Crippen LogP contribution in [0.25, 0.3) is 0 Å². The molecule has 0 unspecified atom stereocenters. The zero-order valence-corrected chi connectivity index (χ0v) is 9.01. The highest BCUT2D eigenvalue weighted by Gasteiger charge is 2.17. The molecule has 0 radical (unpaired) electrons. The van der Waals surface area contributed by atoms with Gasteiger partial charge in [-0.3, -0.25) is 0 Å². The molecule has 2 rings (SSSR count). The van der Waals surface area contributed by atoms with Crippen molar-refractivity contribution in [3.8, 4) is 0 Å². The second-order valence-corrected chi connectivity index (χ2v) is 4.07. The van der Waals surface area contributed by atoms with E-state index in [0.717, 1.165) is 37.3 Å². The lowest BCUT2D eigenvalue weighted by Gasteiger charge is -2.22. The summed E-state index contributed by atoms with van der Waals surface area (Å²) in [6.07, 6.45) is 2.29. The van der Waals surface area contributed by atoms with Crippen molar-refractivity contribution in [2.75, 3.05) is 13.1 Å². The van der Waals surface area contributed by atoms with Gasteiger partial charge < -0.3 is 5.32 Å². The van der Waals surface area contributed by atoms with E-state index >= 15 is 0 Å². The van der Waals surface area contributed by atoms with Gasteiger partial charge in [0.25, 0.3) is 0 Å². The molecule has 1 aliphatic heterocycles. The second-order valence-electron chi connectivity index (χ2n) is 3.73. The highest BCUT2D eigenvalue weighted by molar-refractivity contribution is 6.28. The maximum atomic E-state index is 5.83. The SMILES string of the molecule is Cc1cc(C2CCNCC2)nc(Cl)n1. The van der Waals surface area contributed by atoms with E-state index < -0.39 is 0 Å². The normalized spacial score (nSPS) is 18.4. The maximum Gasteiger partial charge on any atom is 0.222 e. The average molecular weight is 212 g/mol. The van der Waals surface area contributed by atoms with Crippen LogP contribution >= 0.6 is 11.6 Å². The number of aryl methyl sites for hydroxylation is 1. The van der Waals surface area contributed by atoms with Crippen LogP contribution in [0, 0.1) is 6.92 Å². The van der Waals surface area contributed by atoms with Gasteiger partial charge in [-0.1, -0.05) is 0 Å². The quantitative estimate of drug-likeness (QED) is 0.722. The first-order chi connectivity index (χ1) is 6.75. The van der Waals surface area contributed by atoms with E-state index in [-0.39, 0.29) is 0 Å². The third-order valence-corrected chi connectivity index (χ3v) is 2.77. The molecule has 0 aliphatic carbocycles. The summed E-state index contributed by atoms with van der Waals surface area (Å²) in [5.41, 5.74) is 2.06. The summed E-state index contributed by atoms with van der Waals surface area (Å²) in [5, 5.41) is 3.71. The molecular formula is C10H14ClN3. The zero-order chi connectivity index (χ0) is 9.97. The van der Waals surface area contributed by atoms with Crippen molar-refractivity contribution in [3.05, 3.63) is 22.7 Å². The second kappa shape index (κ2) is 4.24. The molecule has 76 valence electrons. The van der Waals surface area contributed by atoms with Crippen molar-refractivity contribution in [2.24, 2.45) is 0 Å². The van der Waals surface area contributed by atoms with Gasteiger partial charge in [0.2, 0.25) is 5.28 Å². The summed E-state index contributed by atoms with van der Waals surface area (Å²) in [7, 11) is 0. The van der Waals surface area contributed by atoms with Crippen LogP contribution in [0.4, 0.5) is 0 Å². The van der Waals surface area contributed by atoms with Crippen molar-refractivity contribution in [1.29, 1.82) is 0 Å². The molecule has 2 heterocycles. The Balaban J connectivity index is 2.21. The number of halogens is 1. The van der Waals surface area contributed by atoms with E-state index in [0.29, 0.717) is 11.2 Å². The number of aromatic nitrogens is 2. The van der Waals surface area contributed by atoms with Gasteiger partial charge in [-0.2, -0.15) is 0 Å². The molecule has 0 saturated carbocycles. The molecule has 1 N–H and O–H groups in total. The molecule has 1 aromatic heterocycles. The third-order valence-electron chi connectivity index (χ3n) is 2.60. The first kappa shape index (κ1) is 9.87. The Bertz CT molecular complexity index is 301. The molecule has 14 heavy (non-hydrogen) atoms. The lowest BCUT2D eigenvalue weighted by molar-refractivity contribution is 0.452. The third kappa shape index (κ3) is 2.22. The Morgan fingerprint density at radius 3 is 2.71 bits per heavy atom. The molecule has 3 nitrogen and oxygen atoms in total. The van der Waals surface area contributed by atoms with E-state index in [4.69, 9.17) is 11.6 Å². The highest BCUT2D eigenvalue weighted by atomic mass is 35.5. The minimum Gasteiger partial charge on any atom is -0.317 e. The minimum atomic E-state index is 0.374. The number of hydrogen-bond donors (Lipinski definition) is 1. The van der Waals surface area contributed by atoms with Gasteiger partial charge >= 0.3 is 0 Å². The lowest BCUT2D eigenvalue weighted by Crippen LogP contribution is -2.27. The summed E-state index contributed by atoms with van der Waals surface area (Å²) in [6, 6.07) is 2.04. The van der Waals surface area contributed by atoms with Crippen LogP contribution in [0.5, 0.6) is 0 Å². The van der Waals surface area contributed by atoms with E-state index in [9.17, 15) is 0 Å². The Morgan fingerprint density at radius 2 is 2.07 bits per heavy atom. The van der Waals surface area contributed by atoms with Crippen molar-refractivity contribution in [3.63, 3.8) is 0 Å². The number of nitrogens with zero attached hydrogens (tertiary/aromatic N) is 2. The van der Waals surface area contributed by atoms with Crippen LogP contribution in [0.15, 0.2) is 6.07 Å². The van der Waals surface area contributed by atoms with Crippen LogP contribution in [-0.2, 0) is 0 Å². The topological polar surface area (TPSA) is 37.8 Å².